The molecule has 1 fully saturated rings. The summed E-state index contributed by atoms with van der Waals surface area (Å²) in [4.78, 5) is 16.1. The number of hydrazine groups is 1. The molecule has 1 aliphatic heterocycles. The summed E-state index contributed by atoms with van der Waals surface area (Å²) < 4.78 is 5.86. The lowest BCUT2D eigenvalue weighted by Crippen LogP contribution is -2.48. The number of carbonyl (C=O) groups excluding carboxylic acids is 1. The maximum atomic E-state index is 13.0. The number of hydrogen-bond acceptors (Lipinski definition) is 5. The van der Waals surface area contributed by atoms with Crippen molar-refractivity contribution in [3.05, 3.63) is 51.7 Å². The van der Waals surface area contributed by atoms with E-state index in [1.807, 2.05) is 22.4 Å². The van der Waals surface area contributed by atoms with Crippen LogP contribution in [0.3, 0.4) is 0 Å². The molecule has 26 heavy (non-hydrogen) atoms. The first-order valence-corrected chi connectivity index (χ1v) is 10.1. The van der Waals surface area contributed by atoms with Crippen LogP contribution in [0.2, 0.25) is 0 Å². The summed E-state index contributed by atoms with van der Waals surface area (Å²) in [5.41, 5.74) is 9.14. The van der Waals surface area contributed by atoms with Gasteiger partial charge in [0.1, 0.15) is 5.75 Å². The van der Waals surface area contributed by atoms with Crippen LogP contribution in [-0.4, -0.2) is 36.0 Å². The molecule has 2 aliphatic rings. The Morgan fingerprint density at radius 1 is 1.31 bits per heavy atom. The van der Waals surface area contributed by atoms with Gasteiger partial charge in [-0.1, -0.05) is 12.1 Å². The van der Waals surface area contributed by atoms with E-state index in [1.54, 1.807) is 11.3 Å². The number of thiophene rings is 1. The number of carbonyl (C=O) groups is 1. The van der Waals surface area contributed by atoms with Crippen LogP contribution < -0.4 is 15.6 Å². The monoisotopic (exact) mass is 371 g/mol. The van der Waals surface area contributed by atoms with Crippen molar-refractivity contribution in [1.82, 2.24) is 15.8 Å². The van der Waals surface area contributed by atoms with Crippen molar-refractivity contribution in [1.29, 1.82) is 0 Å². The van der Waals surface area contributed by atoms with E-state index >= 15 is 0 Å². The highest BCUT2D eigenvalue weighted by Crippen LogP contribution is 2.26. The SMILES string of the molecule is CC1NNCC1N(Cc1cccs1)C(=O)COc1ccc2c(c1)CCC2. The maximum Gasteiger partial charge on any atom is 0.261 e. The van der Waals surface area contributed by atoms with E-state index in [0.29, 0.717) is 6.54 Å². The smallest absolute Gasteiger partial charge is 0.261 e. The minimum atomic E-state index is 0.0289. The molecule has 0 bridgehead atoms. The molecule has 4 rings (SSSR count). The fourth-order valence-corrected chi connectivity index (χ4v) is 4.51. The molecule has 1 aromatic carbocycles. The molecule has 0 spiro atoms. The van der Waals surface area contributed by atoms with Gasteiger partial charge < -0.3 is 9.64 Å². The Kier molecular flexibility index (Phi) is 5.24. The number of hydrogen-bond donors (Lipinski definition) is 2. The second-order valence-electron chi connectivity index (χ2n) is 7.06. The molecule has 2 unspecified atom stereocenters. The first kappa shape index (κ1) is 17.5. The molecular formula is C20H25N3O2S. The Morgan fingerprint density at radius 3 is 2.96 bits per heavy atom. The average molecular weight is 372 g/mol. The third-order valence-corrected chi connectivity index (χ3v) is 6.14. The van der Waals surface area contributed by atoms with Crippen molar-refractivity contribution in [2.45, 2.75) is 44.8 Å². The van der Waals surface area contributed by atoms with Gasteiger partial charge in [0.2, 0.25) is 0 Å². The maximum absolute atomic E-state index is 13.0. The second kappa shape index (κ2) is 7.78. The lowest BCUT2D eigenvalue weighted by Gasteiger charge is -2.30. The number of fused-ring (bicyclic) bond motifs is 1. The van der Waals surface area contributed by atoms with Gasteiger partial charge in [-0.05, 0) is 60.9 Å². The van der Waals surface area contributed by atoms with Crippen LogP contribution in [0.4, 0.5) is 0 Å². The molecule has 6 heteroatoms. The predicted molar refractivity (Wildman–Crippen MR) is 103 cm³/mol. The zero-order valence-electron chi connectivity index (χ0n) is 15.0. The molecule has 2 atom stereocenters. The van der Waals surface area contributed by atoms with Crippen LogP contribution in [0.1, 0.15) is 29.3 Å². The molecule has 0 radical (unpaired) electrons. The summed E-state index contributed by atoms with van der Waals surface area (Å²) >= 11 is 1.68. The van der Waals surface area contributed by atoms with E-state index in [9.17, 15) is 4.79 Å². The van der Waals surface area contributed by atoms with Gasteiger partial charge in [-0.25, -0.2) is 0 Å². The first-order chi connectivity index (χ1) is 12.7. The van der Waals surface area contributed by atoms with Crippen LogP contribution in [0.25, 0.3) is 0 Å². The molecule has 138 valence electrons. The summed E-state index contributed by atoms with van der Waals surface area (Å²) in [5, 5.41) is 2.05. The molecule has 2 heterocycles. The van der Waals surface area contributed by atoms with Gasteiger partial charge in [-0.15, -0.1) is 11.3 Å². The summed E-state index contributed by atoms with van der Waals surface area (Å²) in [7, 11) is 0. The minimum Gasteiger partial charge on any atom is -0.484 e. The highest BCUT2D eigenvalue weighted by atomic mass is 32.1. The summed E-state index contributed by atoms with van der Waals surface area (Å²) in [6.45, 7) is 3.55. The number of benzene rings is 1. The molecule has 1 aromatic heterocycles. The normalized spacial score (nSPS) is 21.6. The number of amides is 1. The Labute approximate surface area is 158 Å². The summed E-state index contributed by atoms with van der Waals surface area (Å²) in [5.74, 6) is 0.826. The Bertz CT molecular complexity index is 762. The van der Waals surface area contributed by atoms with E-state index < -0.39 is 0 Å². The largest absolute Gasteiger partial charge is 0.484 e. The van der Waals surface area contributed by atoms with E-state index in [2.05, 4.69) is 36.0 Å². The van der Waals surface area contributed by atoms with Crippen LogP contribution in [0.5, 0.6) is 5.75 Å². The standard InChI is InChI=1S/C20H25N3O2S/c1-14-19(11-21-22-14)23(12-18-6-3-9-26-18)20(24)13-25-17-8-7-15-4-2-5-16(15)10-17/h3,6-10,14,19,21-22H,2,4-5,11-13H2,1H3. The van der Waals surface area contributed by atoms with E-state index in [-0.39, 0.29) is 24.6 Å². The van der Waals surface area contributed by atoms with Gasteiger partial charge in [0.15, 0.2) is 6.61 Å². The van der Waals surface area contributed by atoms with E-state index in [1.165, 1.54) is 22.4 Å². The first-order valence-electron chi connectivity index (χ1n) is 9.25. The van der Waals surface area contributed by atoms with E-state index in [4.69, 9.17) is 4.74 Å². The third-order valence-electron chi connectivity index (χ3n) is 5.28. The summed E-state index contributed by atoms with van der Waals surface area (Å²) in [6, 6.07) is 10.7. The van der Waals surface area contributed by atoms with Crippen LogP contribution in [0.15, 0.2) is 35.7 Å². The Hall–Kier alpha value is -1.89. The van der Waals surface area contributed by atoms with Gasteiger partial charge in [0.05, 0.1) is 12.6 Å². The minimum absolute atomic E-state index is 0.0289. The number of nitrogens with zero attached hydrogens (tertiary/aromatic N) is 1. The lowest BCUT2D eigenvalue weighted by atomic mass is 10.1. The Morgan fingerprint density at radius 2 is 2.19 bits per heavy atom. The lowest BCUT2D eigenvalue weighted by molar-refractivity contribution is -0.136. The van der Waals surface area contributed by atoms with Gasteiger partial charge in [-0.3, -0.25) is 15.6 Å². The highest BCUT2D eigenvalue weighted by molar-refractivity contribution is 7.09. The fraction of sp³-hybridized carbons (Fsp3) is 0.450. The van der Waals surface area contributed by atoms with Gasteiger partial charge in [0, 0.05) is 17.5 Å². The number of nitrogens with one attached hydrogen (secondary N) is 2. The topological polar surface area (TPSA) is 53.6 Å². The molecule has 2 aromatic rings. The molecular weight excluding hydrogens is 346 g/mol. The predicted octanol–water partition coefficient (Wildman–Crippen LogP) is 2.51. The molecule has 1 amide bonds. The van der Waals surface area contributed by atoms with Gasteiger partial charge in [0.25, 0.3) is 5.91 Å². The van der Waals surface area contributed by atoms with Crippen LogP contribution in [0, 0.1) is 0 Å². The number of aryl methyl sites for hydroxylation is 2. The molecule has 0 saturated carbocycles. The molecule has 1 saturated heterocycles. The van der Waals surface area contributed by atoms with Crippen molar-refractivity contribution < 1.29 is 9.53 Å². The van der Waals surface area contributed by atoms with Crippen molar-refractivity contribution in [2.75, 3.05) is 13.2 Å². The van der Waals surface area contributed by atoms with Crippen molar-refractivity contribution in [3.63, 3.8) is 0 Å². The van der Waals surface area contributed by atoms with Crippen molar-refractivity contribution in [2.24, 2.45) is 0 Å². The van der Waals surface area contributed by atoms with Gasteiger partial charge >= 0.3 is 0 Å². The third kappa shape index (κ3) is 3.77. The second-order valence-corrected chi connectivity index (χ2v) is 8.09. The molecule has 2 N–H and O–H groups in total. The summed E-state index contributed by atoms with van der Waals surface area (Å²) in [6.07, 6.45) is 3.48. The number of ether oxygens (including phenoxy) is 1. The van der Waals surface area contributed by atoms with Crippen LogP contribution in [-0.2, 0) is 24.2 Å². The molecule has 5 nitrogen and oxygen atoms in total. The van der Waals surface area contributed by atoms with Gasteiger partial charge in [-0.2, -0.15) is 0 Å². The Balaban J connectivity index is 1.43. The fourth-order valence-electron chi connectivity index (χ4n) is 3.80. The average Bonchev–Trinajstić information content (AvgIpc) is 3.39. The van der Waals surface area contributed by atoms with Crippen molar-refractivity contribution >= 4 is 17.2 Å². The van der Waals surface area contributed by atoms with Crippen LogP contribution >= 0.6 is 11.3 Å². The zero-order valence-corrected chi connectivity index (χ0v) is 15.8. The quantitative estimate of drug-likeness (QED) is 0.819. The van der Waals surface area contributed by atoms with E-state index in [0.717, 1.165) is 25.1 Å². The zero-order chi connectivity index (χ0) is 17.9. The number of rotatable bonds is 6. The highest BCUT2D eigenvalue weighted by Gasteiger charge is 2.32. The molecule has 1 aliphatic carbocycles. The van der Waals surface area contributed by atoms with Crippen molar-refractivity contribution in [3.8, 4) is 5.75 Å².